The van der Waals surface area contributed by atoms with Crippen molar-refractivity contribution >= 4 is 0 Å². The van der Waals surface area contributed by atoms with Crippen LogP contribution in [0.2, 0.25) is 0 Å². The maximum absolute atomic E-state index is 5.48. The highest BCUT2D eigenvalue weighted by atomic mass is 16.5. The van der Waals surface area contributed by atoms with E-state index >= 15 is 0 Å². The lowest BCUT2D eigenvalue weighted by molar-refractivity contribution is 0.146. The second-order valence-corrected chi connectivity index (χ2v) is 4.35. The number of nitrogens with zero attached hydrogens (tertiary/aromatic N) is 2. The number of hydrogen-bond acceptors (Lipinski definition) is 3. The van der Waals surface area contributed by atoms with E-state index in [1.165, 1.54) is 17.0 Å². The van der Waals surface area contributed by atoms with Crippen molar-refractivity contribution in [3.8, 4) is 0 Å². The summed E-state index contributed by atoms with van der Waals surface area (Å²) in [7, 11) is 0. The third kappa shape index (κ3) is 2.17. The van der Waals surface area contributed by atoms with Crippen LogP contribution in [-0.4, -0.2) is 23.2 Å². The molecule has 0 saturated heterocycles. The number of aromatic nitrogens is 2. The summed E-state index contributed by atoms with van der Waals surface area (Å²) in [5.41, 5.74) is 3.74. The molecule has 1 aromatic rings. The second-order valence-electron chi connectivity index (χ2n) is 4.35. The van der Waals surface area contributed by atoms with Crippen molar-refractivity contribution in [1.82, 2.24) is 9.97 Å². The van der Waals surface area contributed by atoms with Gasteiger partial charge in [0.05, 0.1) is 18.9 Å². The van der Waals surface area contributed by atoms with E-state index in [9.17, 15) is 0 Å². The van der Waals surface area contributed by atoms with Crippen molar-refractivity contribution in [3.05, 3.63) is 22.8 Å². The van der Waals surface area contributed by atoms with Gasteiger partial charge in [-0.05, 0) is 24.8 Å². The number of fused-ring (bicyclic) bond motifs is 1. The SMILES string of the molecule is Cc1nc2c(c(C(C)C)n1)CCOCC2. The van der Waals surface area contributed by atoms with Crippen LogP contribution in [0, 0.1) is 6.92 Å². The minimum Gasteiger partial charge on any atom is -0.381 e. The van der Waals surface area contributed by atoms with Gasteiger partial charge in [-0.15, -0.1) is 0 Å². The van der Waals surface area contributed by atoms with Crippen molar-refractivity contribution in [1.29, 1.82) is 0 Å². The Bertz CT molecular complexity index is 361. The average Bonchev–Trinajstić information content (AvgIpc) is 2.41. The molecule has 82 valence electrons. The summed E-state index contributed by atoms with van der Waals surface area (Å²) in [6.07, 6.45) is 1.89. The van der Waals surface area contributed by atoms with Crippen LogP contribution in [0.1, 0.15) is 42.5 Å². The molecule has 0 N–H and O–H groups in total. The van der Waals surface area contributed by atoms with Crippen LogP contribution in [0.5, 0.6) is 0 Å². The standard InChI is InChI=1S/C12H18N2O/c1-8(2)12-10-4-6-15-7-5-11(10)13-9(3)14-12/h8H,4-7H2,1-3H3. The zero-order valence-corrected chi connectivity index (χ0v) is 9.71. The van der Waals surface area contributed by atoms with Crippen molar-refractivity contribution in [2.45, 2.75) is 39.5 Å². The van der Waals surface area contributed by atoms with Gasteiger partial charge in [0.2, 0.25) is 0 Å². The van der Waals surface area contributed by atoms with Gasteiger partial charge in [-0.2, -0.15) is 0 Å². The molecule has 3 heteroatoms. The van der Waals surface area contributed by atoms with Crippen molar-refractivity contribution in [3.63, 3.8) is 0 Å². The van der Waals surface area contributed by atoms with E-state index in [1.807, 2.05) is 6.92 Å². The monoisotopic (exact) mass is 206 g/mol. The molecule has 0 aliphatic carbocycles. The number of ether oxygens (including phenoxy) is 1. The molecule has 0 amide bonds. The molecule has 0 unspecified atom stereocenters. The van der Waals surface area contributed by atoms with Gasteiger partial charge in [0.1, 0.15) is 5.82 Å². The average molecular weight is 206 g/mol. The fourth-order valence-electron chi connectivity index (χ4n) is 2.08. The number of hydrogen-bond donors (Lipinski definition) is 0. The van der Waals surface area contributed by atoms with Gasteiger partial charge < -0.3 is 4.74 Å². The topological polar surface area (TPSA) is 35.0 Å². The largest absolute Gasteiger partial charge is 0.381 e. The molecular formula is C12H18N2O. The molecule has 15 heavy (non-hydrogen) atoms. The summed E-state index contributed by atoms with van der Waals surface area (Å²) in [4.78, 5) is 9.09. The lowest BCUT2D eigenvalue weighted by Crippen LogP contribution is -2.09. The van der Waals surface area contributed by atoms with Crippen LogP contribution in [0.4, 0.5) is 0 Å². The summed E-state index contributed by atoms with van der Waals surface area (Å²) in [6, 6.07) is 0. The van der Waals surface area contributed by atoms with Gasteiger partial charge in [0, 0.05) is 12.1 Å². The summed E-state index contributed by atoms with van der Waals surface area (Å²) in [5, 5.41) is 0. The Labute approximate surface area is 90.9 Å². The molecule has 2 rings (SSSR count). The lowest BCUT2D eigenvalue weighted by Gasteiger charge is -2.13. The molecule has 0 atom stereocenters. The van der Waals surface area contributed by atoms with Crippen LogP contribution >= 0.6 is 0 Å². The highest BCUT2D eigenvalue weighted by molar-refractivity contribution is 5.29. The molecule has 0 aromatic carbocycles. The second kappa shape index (κ2) is 4.27. The molecule has 0 fully saturated rings. The molecule has 0 bridgehead atoms. The molecule has 1 aromatic heterocycles. The van der Waals surface area contributed by atoms with E-state index in [-0.39, 0.29) is 0 Å². The molecule has 2 heterocycles. The highest BCUT2D eigenvalue weighted by Gasteiger charge is 2.17. The maximum atomic E-state index is 5.48. The molecule has 0 saturated carbocycles. The quantitative estimate of drug-likeness (QED) is 0.705. The zero-order valence-electron chi connectivity index (χ0n) is 9.71. The molecule has 1 aliphatic heterocycles. The minimum atomic E-state index is 0.471. The van der Waals surface area contributed by atoms with Crippen LogP contribution in [-0.2, 0) is 17.6 Å². The Kier molecular flexibility index (Phi) is 3.00. The Hall–Kier alpha value is -0.960. The van der Waals surface area contributed by atoms with Crippen molar-refractivity contribution in [2.24, 2.45) is 0 Å². The third-order valence-corrected chi connectivity index (χ3v) is 2.76. The van der Waals surface area contributed by atoms with Crippen LogP contribution in [0.3, 0.4) is 0 Å². The van der Waals surface area contributed by atoms with Crippen molar-refractivity contribution in [2.75, 3.05) is 13.2 Å². The van der Waals surface area contributed by atoms with Crippen LogP contribution in [0.25, 0.3) is 0 Å². The first-order valence-electron chi connectivity index (χ1n) is 5.62. The Balaban J connectivity index is 2.50. The van der Waals surface area contributed by atoms with Gasteiger partial charge in [-0.25, -0.2) is 9.97 Å². The molecular weight excluding hydrogens is 188 g/mol. The number of rotatable bonds is 1. The van der Waals surface area contributed by atoms with Gasteiger partial charge >= 0.3 is 0 Å². The highest BCUT2D eigenvalue weighted by Crippen LogP contribution is 2.22. The Morgan fingerprint density at radius 2 is 1.87 bits per heavy atom. The van der Waals surface area contributed by atoms with E-state index in [4.69, 9.17) is 4.74 Å². The normalized spacial score (nSPS) is 16.3. The Morgan fingerprint density at radius 3 is 2.60 bits per heavy atom. The summed E-state index contributed by atoms with van der Waals surface area (Å²) < 4.78 is 5.48. The van der Waals surface area contributed by atoms with Crippen molar-refractivity contribution < 1.29 is 4.74 Å². The van der Waals surface area contributed by atoms with Gasteiger partial charge in [0.15, 0.2) is 0 Å². The molecule has 1 aliphatic rings. The lowest BCUT2D eigenvalue weighted by atomic mass is 9.99. The minimum absolute atomic E-state index is 0.471. The Morgan fingerprint density at radius 1 is 1.13 bits per heavy atom. The first-order chi connectivity index (χ1) is 7.18. The van der Waals surface area contributed by atoms with E-state index < -0.39 is 0 Å². The molecule has 0 spiro atoms. The van der Waals surface area contributed by atoms with E-state index in [1.54, 1.807) is 0 Å². The summed E-state index contributed by atoms with van der Waals surface area (Å²) in [5.74, 6) is 1.36. The van der Waals surface area contributed by atoms with Crippen LogP contribution < -0.4 is 0 Å². The first-order valence-corrected chi connectivity index (χ1v) is 5.62. The number of aryl methyl sites for hydroxylation is 1. The predicted molar refractivity (Wildman–Crippen MR) is 59.1 cm³/mol. The predicted octanol–water partition coefficient (Wildman–Crippen LogP) is 2.02. The summed E-state index contributed by atoms with van der Waals surface area (Å²) >= 11 is 0. The smallest absolute Gasteiger partial charge is 0.125 e. The summed E-state index contributed by atoms with van der Waals surface area (Å²) in [6.45, 7) is 7.94. The van der Waals surface area contributed by atoms with E-state index in [2.05, 4.69) is 23.8 Å². The zero-order chi connectivity index (χ0) is 10.8. The fourth-order valence-corrected chi connectivity index (χ4v) is 2.08. The van der Waals surface area contributed by atoms with Crippen LogP contribution in [0.15, 0.2) is 0 Å². The fraction of sp³-hybridized carbons (Fsp3) is 0.667. The van der Waals surface area contributed by atoms with Gasteiger partial charge in [-0.1, -0.05) is 13.8 Å². The first kappa shape index (κ1) is 10.6. The van der Waals surface area contributed by atoms with Gasteiger partial charge in [0.25, 0.3) is 0 Å². The molecule has 3 nitrogen and oxygen atoms in total. The van der Waals surface area contributed by atoms with Gasteiger partial charge in [-0.3, -0.25) is 0 Å². The van der Waals surface area contributed by atoms with E-state index in [0.717, 1.165) is 31.9 Å². The molecule has 0 radical (unpaired) electrons. The van der Waals surface area contributed by atoms with E-state index in [0.29, 0.717) is 5.92 Å². The maximum Gasteiger partial charge on any atom is 0.125 e. The third-order valence-electron chi connectivity index (χ3n) is 2.76.